The summed E-state index contributed by atoms with van der Waals surface area (Å²) in [5, 5.41) is 15.5. The first-order valence-electron chi connectivity index (χ1n) is 7.17. The van der Waals surface area contributed by atoms with Crippen LogP contribution in [0.1, 0.15) is 17.0 Å². The summed E-state index contributed by atoms with van der Waals surface area (Å²) in [5.41, 5.74) is 10.9. The monoisotopic (exact) mass is 309 g/mol. The van der Waals surface area contributed by atoms with Crippen LogP contribution in [0.4, 0.5) is 5.95 Å². The van der Waals surface area contributed by atoms with Gasteiger partial charge in [0.25, 0.3) is 0 Å². The van der Waals surface area contributed by atoms with Crippen LogP contribution in [0.2, 0.25) is 0 Å². The fourth-order valence-electron chi connectivity index (χ4n) is 3.09. The molecule has 3 heterocycles. The van der Waals surface area contributed by atoms with Gasteiger partial charge in [0.1, 0.15) is 11.4 Å². The number of hydrogen-bond acceptors (Lipinski definition) is 6. The van der Waals surface area contributed by atoms with Crippen molar-refractivity contribution in [3.8, 4) is 17.0 Å². The van der Waals surface area contributed by atoms with E-state index in [1.54, 1.807) is 0 Å². The highest BCUT2D eigenvalue weighted by atomic mass is 16.5. The highest BCUT2D eigenvalue weighted by Crippen LogP contribution is 2.37. The molecule has 23 heavy (non-hydrogen) atoms. The van der Waals surface area contributed by atoms with Crippen molar-refractivity contribution in [1.29, 1.82) is 0 Å². The second-order valence-electron chi connectivity index (χ2n) is 5.67. The van der Waals surface area contributed by atoms with Crippen molar-refractivity contribution in [1.82, 2.24) is 20.1 Å². The first kappa shape index (κ1) is 13.6. The fourth-order valence-corrected chi connectivity index (χ4v) is 3.09. The zero-order chi connectivity index (χ0) is 16.3. The molecule has 0 atom stereocenters. The lowest BCUT2D eigenvalue weighted by Gasteiger charge is -2.06. The fraction of sp³-hybridized carbons (Fsp3) is 0.188. The Morgan fingerprint density at radius 2 is 1.96 bits per heavy atom. The topological polar surface area (TPSA) is 114 Å². The first-order chi connectivity index (χ1) is 11.0. The van der Waals surface area contributed by atoms with E-state index in [9.17, 15) is 5.11 Å². The maximum absolute atomic E-state index is 10.1. The molecule has 4 N–H and O–H groups in total. The number of rotatable bonds is 1. The van der Waals surface area contributed by atoms with Gasteiger partial charge in [-0.15, -0.1) is 0 Å². The van der Waals surface area contributed by atoms with Crippen molar-refractivity contribution in [2.24, 2.45) is 0 Å². The predicted molar refractivity (Wildman–Crippen MR) is 87.2 cm³/mol. The van der Waals surface area contributed by atoms with Crippen LogP contribution in [-0.4, -0.2) is 25.2 Å². The van der Waals surface area contributed by atoms with Gasteiger partial charge in [0.2, 0.25) is 11.8 Å². The predicted octanol–water partition coefficient (Wildman–Crippen LogP) is 2.98. The standard InChI is InChI=1S/C16H15N5O2/c1-6-4-10-11(5-9(6)12-7(2)21-23-8(12)3)18-14-13(10)15(22)20-16(17)19-14/h4-5H,1-3H3,(H4,17,18,19,20,22). The highest BCUT2D eigenvalue weighted by Gasteiger charge is 2.18. The van der Waals surface area contributed by atoms with Crippen LogP contribution in [0.3, 0.4) is 0 Å². The van der Waals surface area contributed by atoms with Crippen molar-refractivity contribution in [3.05, 3.63) is 29.2 Å². The molecule has 7 heteroatoms. The molecule has 4 rings (SSSR count). The summed E-state index contributed by atoms with van der Waals surface area (Å²) in [4.78, 5) is 11.2. The van der Waals surface area contributed by atoms with Crippen LogP contribution in [0, 0.1) is 20.8 Å². The third-order valence-corrected chi connectivity index (χ3v) is 4.10. The van der Waals surface area contributed by atoms with Crippen molar-refractivity contribution in [3.63, 3.8) is 0 Å². The Hall–Kier alpha value is -3.09. The SMILES string of the molecule is Cc1cc2c(cc1-c1c(C)noc1C)[nH]c1nc(N)nc(O)c12. The Kier molecular flexibility index (Phi) is 2.63. The molecule has 0 saturated heterocycles. The molecule has 116 valence electrons. The first-order valence-corrected chi connectivity index (χ1v) is 7.17. The molecular weight excluding hydrogens is 294 g/mol. The van der Waals surface area contributed by atoms with Gasteiger partial charge in [-0.25, -0.2) is 0 Å². The Balaban J connectivity index is 2.09. The second kappa shape index (κ2) is 4.45. The van der Waals surface area contributed by atoms with E-state index in [-0.39, 0.29) is 11.8 Å². The van der Waals surface area contributed by atoms with Gasteiger partial charge in [0.15, 0.2) is 0 Å². The van der Waals surface area contributed by atoms with Crippen LogP contribution < -0.4 is 5.73 Å². The molecule has 0 unspecified atom stereocenters. The van der Waals surface area contributed by atoms with Crippen LogP contribution >= 0.6 is 0 Å². The van der Waals surface area contributed by atoms with Crippen molar-refractivity contribution >= 4 is 27.9 Å². The van der Waals surface area contributed by atoms with E-state index < -0.39 is 0 Å². The number of nitrogens with zero attached hydrogens (tertiary/aromatic N) is 3. The molecule has 0 amide bonds. The van der Waals surface area contributed by atoms with Crippen LogP contribution in [0.5, 0.6) is 5.88 Å². The number of nitrogens with one attached hydrogen (secondary N) is 1. The Morgan fingerprint density at radius 3 is 2.65 bits per heavy atom. The van der Waals surface area contributed by atoms with Gasteiger partial charge < -0.3 is 20.3 Å². The third-order valence-electron chi connectivity index (χ3n) is 4.10. The highest BCUT2D eigenvalue weighted by molar-refractivity contribution is 6.10. The number of aromatic amines is 1. The zero-order valence-electron chi connectivity index (χ0n) is 12.9. The number of fused-ring (bicyclic) bond motifs is 3. The van der Waals surface area contributed by atoms with E-state index in [1.807, 2.05) is 32.9 Å². The van der Waals surface area contributed by atoms with Crippen LogP contribution in [0.15, 0.2) is 16.7 Å². The maximum Gasteiger partial charge on any atom is 0.226 e. The number of aromatic hydroxyl groups is 1. The smallest absolute Gasteiger partial charge is 0.226 e. The average Bonchev–Trinajstić information content (AvgIpc) is 2.98. The number of benzene rings is 1. The van der Waals surface area contributed by atoms with E-state index in [4.69, 9.17) is 10.3 Å². The molecule has 0 aliphatic heterocycles. The lowest BCUT2D eigenvalue weighted by Crippen LogP contribution is -1.94. The molecule has 0 radical (unpaired) electrons. The molecule has 0 spiro atoms. The van der Waals surface area contributed by atoms with E-state index in [2.05, 4.69) is 20.1 Å². The van der Waals surface area contributed by atoms with Gasteiger partial charge in [-0.2, -0.15) is 9.97 Å². The molecular formula is C16H15N5O2. The normalized spacial score (nSPS) is 11.6. The van der Waals surface area contributed by atoms with Gasteiger partial charge in [-0.3, -0.25) is 0 Å². The summed E-state index contributed by atoms with van der Waals surface area (Å²) in [6, 6.07) is 4.00. The minimum absolute atomic E-state index is 0.0317. The number of nitrogen functional groups attached to an aromatic ring is 1. The average molecular weight is 309 g/mol. The number of aryl methyl sites for hydroxylation is 3. The lowest BCUT2D eigenvalue weighted by atomic mass is 9.97. The number of H-pyrrole nitrogens is 1. The quantitative estimate of drug-likeness (QED) is 0.498. The number of anilines is 1. The molecule has 0 fully saturated rings. The van der Waals surface area contributed by atoms with Crippen molar-refractivity contribution < 1.29 is 9.63 Å². The molecule has 0 bridgehead atoms. The molecule has 4 aromatic rings. The lowest BCUT2D eigenvalue weighted by molar-refractivity contribution is 0.393. The molecule has 0 saturated carbocycles. The summed E-state index contributed by atoms with van der Waals surface area (Å²) in [7, 11) is 0. The Bertz CT molecular complexity index is 1060. The zero-order valence-corrected chi connectivity index (χ0v) is 12.9. The Labute approximate surface area is 131 Å². The minimum atomic E-state index is -0.122. The Morgan fingerprint density at radius 1 is 1.17 bits per heavy atom. The van der Waals surface area contributed by atoms with E-state index >= 15 is 0 Å². The third kappa shape index (κ3) is 1.86. The molecule has 0 aliphatic carbocycles. The summed E-state index contributed by atoms with van der Waals surface area (Å²) in [6.07, 6.45) is 0. The summed E-state index contributed by atoms with van der Waals surface area (Å²) in [6.45, 7) is 5.82. The van der Waals surface area contributed by atoms with Gasteiger partial charge in [0.05, 0.1) is 11.1 Å². The number of hydrogen-bond donors (Lipinski definition) is 3. The molecule has 7 nitrogen and oxygen atoms in total. The molecule has 1 aromatic carbocycles. The summed E-state index contributed by atoms with van der Waals surface area (Å²) in [5.74, 6) is 0.681. The minimum Gasteiger partial charge on any atom is -0.493 e. The van der Waals surface area contributed by atoms with Gasteiger partial charge in [0, 0.05) is 16.5 Å². The second-order valence-corrected chi connectivity index (χ2v) is 5.67. The molecule has 0 aliphatic rings. The van der Waals surface area contributed by atoms with E-state index in [1.165, 1.54) is 0 Å². The summed E-state index contributed by atoms with van der Waals surface area (Å²) >= 11 is 0. The summed E-state index contributed by atoms with van der Waals surface area (Å²) < 4.78 is 5.27. The number of nitrogens with two attached hydrogens (primary N) is 1. The van der Waals surface area contributed by atoms with Crippen LogP contribution in [-0.2, 0) is 0 Å². The van der Waals surface area contributed by atoms with Crippen molar-refractivity contribution in [2.45, 2.75) is 20.8 Å². The molecule has 3 aromatic heterocycles. The van der Waals surface area contributed by atoms with Gasteiger partial charge >= 0.3 is 0 Å². The van der Waals surface area contributed by atoms with E-state index in [0.717, 1.165) is 39.0 Å². The maximum atomic E-state index is 10.1. The van der Waals surface area contributed by atoms with E-state index in [0.29, 0.717) is 11.0 Å². The number of aromatic nitrogens is 4. The van der Waals surface area contributed by atoms with Crippen molar-refractivity contribution in [2.75, 3.05) is 5.73 Å². The largest absolute Gasteiger partial charge is 0.493 e. The van der Waals surface area contributed by atoms with Crippen LogP contribution in [0.25, 0.3) is 33.1 Å². The van der Waals surface area contributed by atoms with Gasteiger partial charge in [-0.05, 0) is 44.0 Å². The van der Waals surface area contributed by atoms with Gasteiger partial charge in [-0.1, -0.05) is 5.16 Å².